The molecule has 8 nitrogen and oxygen atoms in total. The van der Waals surface area contributed by atoms with Gasteiger partial charge >= 0.3 is 0 Å². The smallest absolute Gasteiger partial charge is 0.272 e. The van der Waals surface area contributed by atoms with Gasteiger partial charge in [0.2, 0.25) is 5.91 Å². The van der Waals surface area contributed by atoms with Gasteiger partial charge in [0.1, 0.15) is 5.69 Å². The lowest BCUT2D eigenvalue weighted by atomic mass is 10.1. The molecule has 0 radical (unpaired) electrons. The molecule has 0 bridgehead atoms. The number of hydrogen-bond donors (Lipinski definition) is 1. The standard InChI is InChI=1S/C24H20N6O2/c1-15-13-29(14-18-5-3-17(11-25)4-6-18)24(32)23-10-22(28-30(15)23)20-8-7-19(12-26)9-21(20)27-16(2)31/h3-10,15H,13-14H2,1-2H3,(H,27,31)/t15-/m0/s1. The van der Waals surface area contributed by atoms with Crippen LogP contribution in [0.2, 0.25) is 0 Å². The number of fused-ring (bicyclic) bond motifs is 1. The zero-order valence-corrected chi connectivity index (χ0v) is 17.7. The van der Waals surface area contributed by atoms with E-state index < -0.39 is 0 Å². The fourth-order valence-corrected chi connectivity index (χ4v) is 3.83. The third-order valence-electron chi connectivity index (χ3n) is 5.34. The predicted molar refractivity (Wildman–Crippen MR) is 117 cm³/mol. The molecule has 0 unspecified atom stereocenters. The molecule has 0 spiro atoms. The number of nitrogens with one attached hydrogen (secondary N) is 1. The molecular formula is C24H20N6O2. The molecule has 0 saturated heterocycles. The lowest BCUT2D eigenvalue weighted by Crippen LogP contribution is -2.41. The van der Waals surface area contributed by atoms with E-state index in [0.717, 1.165) is 5.56 Å². The second kappa shape index (κ2) is 8.37. The number of nitriles is 2. The van der Waals surface area contributed by atoms with E-state index in [0.29, 0.717) is 46.9 Å². The highest BCUT2D eigenvalue weighted by Crippen LogP contribution is 2.32. The topological polar surface area (TPSA) is 115 Å². The van der Waals surface area contributed by atoms with Crippen LogP contribution in [0.1, 0.15) is 47.1 Å². The highest BCUT2D eigenvalue weighted by molar-refractivity contribution is 5.97. The molecule has 0 saturated carbocycles. The lowest BCUT2D eigenvalue weighted by molar-refractivity contribution is -0.114. The number of rotatable bonds is 4. The Morgan fingerprint density at radius 3 is 2.47 bits per heavy atom. The van der Waals surface area contributed by atoms with E-state index in [1.807, 2.05) is 19.1 Å². The average molecular weight is 424 g/mol. The van der Waals surface area contributed by atoms with Gasteiger partial charge in [-0.15, -0.1) is 0 Å². The Morgan fingerprint density at radius 2 is 1.81 bits per heavy atom. The van der Waals surface area contributed by atoms with Crippen LogP contribution in [0.5, 0.6) is 0 Å². The van der Waals surface area contributed by atoms with Gasteiger partial charge in [-0.05, 0) is 48.9 Å². The van der Waals surface area contributed by atoms with Gasteiger partial charge in [0.25, 0.3) is 5.91 Å². The molecule has 1 aliphatic heterocycles. The van der Waals surface area contributed by atoms with Crippen molar-refractivity contribution in [2.45, 2.75) is 26.4 Å². The molecule has 0 aliphatic carbocycles. The van der Waals surface area contributed by atoms with Crippen LogP contribution in [0.3, 0.4) is 0 Å². The molecule has 32 heavy (non-hydrogen) atoms. The van der Waals surface area contributed by atoms with Crippen molar-refractivity contribution in [2.75, 3.05) is 11.9 Å². The van der Waals surface area contributed by atoms with E-state index in [9.17, 15) is 14.9 Å². The average Bonchev–Trinajstić information content (AvgIpc) is 3.23. The first-order chi connectivity index (χ1) is 15.4. The summed E-state index contributed by atoms with van der Waals surface area (Å²) in [5, 5.41) is 25.5. The van der Waals surface area contributed by atoms with Crippen molar-refractivity contribution < 1.29 is 9.59 Å². The Kier molecular flexibility index (Phi) is 5.44. The van der Waals surface area contributed by atoms with Gasteiger partial charge in [0, 0.05) is 25.6 Å². The van der Waals surface area contributed by atoms with Gasteiger partial charge in [-0.2, -0.15) is 15.6 Å². The van der Waals surface area contributed by atoms with Crippen LogP contribution in [0.4, 0.5) is 5.69 Å². The molecule has 3 aromatic rings. The first-order valence-electron chi connectivity index (χ1n) is 10.1. The number of amides is 2. The van der Waals surface area contributed by atoms with Crippen LogP contribution in [0, 0.1) is 22.7 Å². The van der Waals surface area contributed by atoms with Crippen LogP contribution in [-0.4, -0.2) is 33.0 Å². The maximum atomic E-state index is 13.2. The monoisotopic (exact) mass is 424 g/mol. The Hall–Kier alpha value is -4.43. The fraction of sp³-hybridized carbons (Fsp3) is 0.208. The number of hydrogen-bond acceptors (Lipinski definition) is 5. The summed E-state index contributed by atoms with van der Waals surface area (Å²) in [6.07, 6.45) is 0. The van der Waals surface area contributed by atoms with Gasteiger partial charge in [0.15, 0.2) is 0 Å². The molecule has 2 amide bonds. The SMILES string of the molecule is CC(=O)Nc1cc(C#N)ccc1-c1cc2n(n1)[C@@H](C)CN(Cc1ccc(C#N)cc1)C2=O. The van der Waals surface area contributed by atoms with Gasteiger partial charge in [-0.25, -0.2) is 0 Å². The van der Waals surface area contributed by atoms with Crippen LogP contribution in [-0.2, 0) is 11.3 Å². The number of anilines is 1. The Labute approximate surface area is 185 Å². The maximum Gasteiger partial charge on any atom is 0.272 e. The molecule has 1 atom stereocenters. The van der Waals surface area contributed by atoms with Crippen LogP contribution in [0.15, 0.2) is 48.5 Å². The number of carbonyl (C=O) groups excluding carboxylic acids is 2. The highest BCUT2D eigenvalue weighted by atomic mass is 16.2. The normalized spacial score (nSPS) is 14.9. The van der Waals surface area contributed by atoms with Crippen molar-refractivity contribution in [3.8, 4) is 23.4 Å². The molecular weight excluding hydrogens is 404 g/mol. The van der Waals surface area contributed by atoms with Crippen molar-refractivity contribution in [3.63, 3.8) is 0 Å². The van der Waals surface area contributed by atoms with E-state index in [4.69, 9.17) is 5.26 Å². The third-order valence-corrected chi connectivity index (χ3v) is 5.34. The van der Waals surface area contributed by atoms with Crippen molar-refractivity contribution >= 4 is 17.5 Å². The van der Waals surface area contributed by atoms with Crippen LogP contribution < -0.4 is 5.32 Å². The lowest BCUT2D eigenvalue weighted by Gasteiger charge is -2.31. The van der Waals surface area contributed by atoms with Crippen LogP contribution in [0.25, 0.3) is 11.3 Å². The second-order valence-corrected chi connectivity index (χ2v) is 7.76. The molecule has 4 rings (SSSR count). The van der Waals surface area contributed by atoms with E-state index in [2.05, 4.69) is 22.6 Å². The van der Waals surface area contributed by atoms with E-state index >= 15 is 0 Å². The first kappa shape index (κ1) is 20.8. The predicted octanol–water partition coefficient (Wildman–Crippen LogP) is 3.47. The number of nitrogens with zero attached hydrogens (tertiary/aromatic N) is 5. The first-order valence-corrected chi connectivity index (χ1v) is 10.1. The molecule has 1 aliphatic rings. The molecule has 0 fully saturated rings. The van der Waals surface area contributed by atoms with E-state index in [1.165, 1.54) is 6.92 Å². The minimum atomic E-state index is -0.261. The summed E-state index contributed by atoms with van der Waals surface area (Å²) >= 11 is 0. The van der Waals surface area contributed by atoms with Crippen molar-refractivity contribution in [3.05, 3.63) is 70.9 Å². The Balaban J connectivity index is 1.66. The molecule has 158 valence electrons. The quantitative estimate of drug-likeness (QED) is 0.689. The summed E-state index contributed by atoms with van der Waals surface area (Å²) < 4.78 is 1.71. The van der Waals surface area contributed by atoms with Gasteiger partial charge in [-0.1, -0.05) is 12.1 Å². The van der Waals surface area contributed by atoms with Crippen LogP contribution >= 0.6 is 0 Å². The Bertz CT molecular complexity index is 1290. The van der Waals surface area contributed by atoms with Crippen molar-refractivity contribution in [1.29, 1.82) is 10.5 Å². The van der Waals surface area contributed by atoms with E-state index in [-0.39, 0.29) is 17.9 Å². The second-order valence-electron chi connectivity index (χ2n) is 7.76. The molecule has 1 aromatic heterocycles. The summed E-state index contributed by atoms with van der Waals surface area (Å²) in [6, 6.07) is 18.0. The van der Waals surface area contributed by atoms with Gasteiger partial charge in [-0.3, -0.25) is 14.3 Å². The third kappa shape index (κ3) is 3.94. The minimum absolute atomic E-state index is 0.0440. The zero-order chi connectivity index (χ0) is 22.8. The fourth-order valence-electron chi connectivity index (χ4n) is 3.83. The summed E-state index contributed by atoms with van der Waals surface area (Å²) in [5.74, 6) is -0.399. The molecule has 2 heterocycles. The summed E-state index contributed by atoms with van der Waals surface area (Å²) in [5.41, 5.74) is 4.06. The zero-order valence-electron chi connectivity index (χ0n) is 17.7. The minimum Gasteiger partial charge on any atom is -0.331 e. The highest BCUT2D eigenvalue weighted by Gasteiger charge is 2.31. The molecule has 8 heteroatoms. The molecule has 2 aromatic carbocycles. The molecule has 1 N–H and O–H groups in total. The Morgan fingerprint density at radius 1 is 1.12 bits per heavy atom. The van der Waals surface area contributed by atoms with Crippen molar-refractivity contribution in [1.82, 2.24) is 14.7 Å². The maximum absolute atomic E-state index is 13.2. The van der Waals surface area contributed by atoms with Gasteiger partial charge in [0.05, 0.1) is 40.7 Å². The van der Waals surface area contributed by atoms with Crippen molar-refractivity contribution in [2.24, 2.45) is 0 Å². The van der Waals surface area contributed by atoms with Gasteiger partial charge < -0.3 is 10.2 Å². The van der Waals surface area contributed by atoms with E-state index in [1.54, 1.807) is 46.0 Å². The number of carbonyl (C=O) groups is 2. The summed E-state index contributed by atoms with van der Waals surface area (Å²) in [4.78, 5) is 26.6. The largest absolute Gasteiger partial charge is 0.331 e. The summed E-state index contributed by atoms with van der Waals surface area (Å²) in [6.45, 7) is 4.32. The number of aromatic nitrogens is 2. The number of benzene rings is 2. The summed E-state index contributed by atoms with van der Waals surface area (Å²) in [7, 11) is 0.